The van der Waals surface area contributed by atoms with Crippen LogP contribution in [0, 0.1) is 5.41 Å². The monoisotopic (exact) mass is 212 g/mol. The van der Waals surface area contributed by atoms with Crippen LogP contribution in [0.3, 0.4) is 0 Å². The van der Waals surface area contributed by atoms with Crippen LogP contribution in [0.2, 0.25) is 0 Å². The molecular weight excluding hydrogens is 192 g/mol. The molecule has 0 radical (unpaired) electrons. The first-order chi connectivity index (χ1) is 7.15. The van der Waals surface area contributed by atoms with Crippen molar-refractivity contribution in [3.63, 3.8) is 0 Å². The molecule has 1 atom stereocenters. The predicted molar refractivity (Wildman–Crippen MR) is 57.4 cm³/mol. The zero-order chi connectivity index (χ0) is 10.9. The van der Waals surface area contributed by atoms with Crippen molar-refractivity contribution in [3.05, 3.63) is 0 Å². The highest BCUT2D eigenvalue weighted by atomic mass is 16.3. The minimum atomic E-state index is -0.341. The molecule has 1 spiro atoms. The quantitative estimate of drug-likeness (QED) is 0.661. The zero-order valence-electron chi connectivity index (χ0n) is 9.41. The van der Waals surface area contributed by atoms with Crippen molar-refractivity contribution in [2.24, 2.45) is 5.41 Å². The largest absolute Gasteiger partial charge is 0.387 e. The standard InChI is InChI=1S/C11H20N2O2/c1-12-5-2-3-11(8-12)4-6-13(9-11)10(15)7-14/h14H,2-9H2,1H3. The van der Waals surface area contributed by atoms with Gasteiger partial charge in [-0.2, -0.15) is 0 Å². The molecule has 0 bridgehead atoms. The SMILES string of the molecule is CN1CCCC2(CCN(C(=O)CO)C2)C1. The van der Waals surface area contributed by atoms with E-state index < -0.39 is 0 Å². The first kappa shape index (κ1) is 10.9. The summed E-state index contributed by atoms with van der Waals surface area (Å²) in [5.74, 6) is -0.111. The van der Waals surface area contributed by atoms with Crippen molar-refractivity contribution in [3.8, 4) is 0 Å². The number of nitrogens with zero attached hydrogens (tertiary/aromatic N) is 2. The maximum Gasteiger partial charge on any atom is 0.248 e. The highest BCUT2D eigenvalue weighted by Crippen LogP contribution is 2.38. The van der Waals surface area contributed by atoms with E-state index in [2.05, 4.69) is 11.9 Å². The van der Waals surface area contributed by atoms with Crippen molar-refractivity contribution in [1.29, 1.82) is 0 Å². The molecule has 4 heteroatoms. The molecule has 2 saturated heterocycles. The molecule has 15 heavy (non-hydrogen) atoms. The maximum atomic E-state index is 11.4. The van der Waals surface area contributed by atoms with Gasteiger partial charge in [0.2, 0.25) is 5.91 Å². The molecule has 2 rings (SSSR count). The summed E-state index contributed by atoms with van der Waals surface area (Å²) < 4.78 is 0. The summed E-state index contributed by atoms with van der Waals surface area (Å²) in [6.45, 7) is 3.60. The Labute approximate surface area is 90.9 Å². The summed E-state index contributed by atoms with van der Waals surface area (Å²) >= 11 is 0. The van der Waals surface area contributed by atoms with Gasteiger partial charge in [-0.1, -0.05) is 0 Å². The number of aliphatic hydroxyl groups is 1. The number of hydrogen-bond acceptors (Lipinski definition) is 3. The van der Waals surface area contributed by atoms with Gasteiger partial charge in [0.15, 0.2) is 0 Å². The Kier molecular flexibility index (Phi) is 2.98. The lowest BCUT2D eigenvalue weighted by Gasteiger charge is -2.38. The third-order valence-electron chi connectivity index (χ3n) is 3.78. The summed E-state index contributed by atoms with van der Waals surface area (Å²) in [4.78, 5) is 15.6. The van der Waals surface area contributed by atoms with Gasteiger partial charge < -0.3 is 14.9 Å². The highest BCUT2D eigenvalue weighted by Gasteiger charge is 2.41. The Balaban J connectivity index is 1.98. The van der Waals surface area contributed by atoms with Crippen LogP contribution in [0.4, 0.5) is 0 Å². The Bertz CT molecular complexity index is 257. The number of carbonyl (C=O) groups is 1. The molecule has 4 nitrogen and oxygen atoms in total. The van der Waals surface area contributed by atoms with E-state index in [-0.39, 0.29) is 12.5 Å². The molecule has 1 amide bonds. The number of piperidine rings is 1. The van der Waals surface area contributed by atoms with Gasteiger partial charge >= 0.3 is 0 Å². The van der Waals surface area contributed by atoms with Crippen LogP contribution in [-0.4, -0.2) is 60.6 Å². The molecular formula is C11H20N2O2. The Hall–Kier alpha value is -0.610. The number of rotatable bonds is 1. The lowest BCUT2D eigenvalue weighted by Crippen LogP contribution is -2.43. The Morgan fingerprint density at radius 2 is 2.13 bits per heavy atom. The lowest BCUT2D eigenvalue weighted by atomic mass is 9.79. The van der Waals surface area contributed by atoms with Gasteiger partial charge in [-0.3, -0.25) is 4.79 Å². The molecule has 86 valence electrons. The summed E-state index contributed by atoms with van der Waals surface area (Å²) in [5, 5.41) is 8.83. The van der Waals surface area contributed by atoms with E-state index in [0.29, 0.717) is 5.41 Å². The molecule has 0 saturated carbocycles. The van der Waals surface area contributed by atoms with Crippen LogP contribution in [-0.2, 0) is 4.79 Å². The summed E-state index contributed by atoms with van der Waals surface area (Å²) in [6.07, 6.45) is 3.56. The van der Waals surface area contributed by atoms with Crippen LogP contribution in [0.5, 0.6) is 0 Å². The van der Waals surface area contributed by atoms with Crippen LogP contribution in [0.15, 0.2) is 0 Å². The van der Waals surface area contributed by atoms with Crippen molar-refractivity contribution in [2.45, 2.75) is 19.3 Å². The van der Waals surface area contributed by atoms with Gasteiger partial charge in [0.25, 0.3) is 0 Å². The minimum absolute atomic E-state index is 0.111. The average molecular weight is 212 g/mol. The topological polar surface area (TPSA) is 43.8 Å². The molecule has 0 aromatic rings. The highest BCUT2D eigenvalue weighted by molar-refractivity contribution is 5.77. The molecule has 2 fully saturated rings. The summed E-state index contributed by atoms with van der Waals surface area (Å²) in [6, 6.07) is 0. The summed E-state index contributed by atoms with van der Waals surface area (Å²) in [7, 11) is 2.15. The second kappa shape index (κ2) is 4.10. The van der Waals surface area contributed by atoms with E-state index in [1.807, 2.05) is 4.90 Å². The van der Waals surface area contributed by atoms with E-state index >= 15 is 0 Å². The van der Waals surface area contributed by atoms with Crippen LogP contribution >= 0.6 is 0 Å². The summed E-state index contributed by atoms with van der Waals surface area (Å²) in [5.41, 5.74) is 0.317. The number of hydrogen-bond donors (Lipinski definition) is 1. The van der Waals surface area contributed by atoms with Crippen LogP contribution in [0.25, 0.3) is 0 Å². The van der Waals surface area contributed by atoms with E-state index in [1.54, 1.807) is 0 Å². The van der Waals surface area contributed by atoms with Gasteiger partial charge in [-0.25, -0.2) is 0 Å². The lowest BCUT2D eigenvalue weighted by molar-refractivity contribution is -0.133. The predicted octanol–water partition coefficient (Wildman–Crippen LogP) is -0.0770. The van der Waals surface area contributed by atoms with Gasteiger partial charge in [0, 0.05) is 25.0 Å². The fourth-order valence-corrected chi connectivity index (χ4v) is 3.04. The van der Waals surface area contributed by atoms with Crippen LogP contribution in [0.1, 0.15) is 19.3 Å². The molecule has 1 N–H and O–H groups in total. The number of amides is 1. The zero-order valence-corrected chi connectivity index (χ0v) is 9.41. The minimum Gasteiger partial charge on any atom is -0.387 e. The van der Waals surface area contributed by atoms with Crippen LogP contribution < -0.4 is 0 Å². The van der Waals surface area contributed by atoms with E-state index in [9.17, 15) is 4.79 Å². The van der Waals surface area contributed by atoms with Gasteiger partial charge in [-0.15, -0.1) is 0 Å². The maximum absolute atomic E-state index is 11.4. The van der Waals surface area contributed by atoms with Gasteiger partial charge in [0.05, 0.1) is 0 Å². The fraction of sp³-hybridized carbons (Fsp3) is 0.909. The molecule has 2 heterocycles. The van der Waals surface area contributed by atoms with E-state index in [4.69, 9.17) is 5.11 Å². The van der Waals surface area contributed by atoms with Crippen molar-refractivity contribution >= 4 is 5.91 Å². The normalized spacial score (nSPS) is 32.5. The first-order valence-electron chi connectivity index (χ1n) is 5.72. The fourth-order valence-electron chi connectivity index (χ4n) is 3.04. The second-order valence-electron chi connectivity index (χ2n) is 5.06. The third kappa shape index (κ3) is 2.16. The Morgan fingerprint density at radius 1 is 1.33 bits per heavy atom. The first-order valence-corrected chi connectivity index (χ1v) is 5.72. The smallest absolute Gasteiger partial charge is 0.248 e. The average Bonchev–Trinajstić information content (AvgIpc) is 2.60. The third-order valence-corrected chi connectivity index (χ3v) is 3.78. The molecule has 1 unspecified atom stereocenters. The molecule has 0 aromatic heterocycles. The molecule has 0 aliphatic carbocycles. The van der Waals surface area contributed by atoms with Crippen molar-refractivity contribution < 1.29 is 9.90 Å². The number of carbonyl (C=O) groups excluding carboxylic acids is 1. The second-order valence-corrected chi connectivity index (χ2v) is 5.06. The van der Waals surface area contributed by atoms with Crippen molar-refractivity contribution in [1.82, 2.24) is 9.80 Å². The van der Waals surface area contributed by atoms with Gasteiger partial charge in [-0.05, 0) is 32.9 Å². The molecule has 0 aromatic carbocycles. The van der Waals surface area contributed by atoms with Gasteiger partial charge in [0.1, 0.15) is 6.61 Å². The number of likely N-dealkylation sites (tertiary alicyclic amines) is 2. The van der Waals surface area contributed by atoms with Crippen molar-refractivity contribution in [2.75, 3.05) is 39.8 Å². The molecule has 2 aliphatic rings. The van der Waals surface area contributed by atoms with E-state index in [1.165, 1.54) is 19.4 Å². The number of aliphatic hydroxyl groups excluding tert-OH is 1. The Morgan fingerprint density at radius 3 is 2.80 bits per heavy atom. The van der Waals surface area contributed by atoms with E-state index in [0.717, 1.165) is 26.1 Å². The molecule has 2 aliphatic heterocycles.